The van der Waals surface area contributed by atoms with Gasteiger partial charge in [-0.1, -0.05) is 70.2 Å². The summed E-state index contributed by atoms with van der Waals surface area (Å²) in [5.74, 6) is 3.73. The average Bonchev–Trinajstić information content (AvgIpc) is 3.17. The zero-order valence-electron chi connectivity index (χ0n) is 34.6. The number of allylic oxidation sites excluding steroid dienone is 8. The fraction of sp³-hybridized carbons (Fsp3) is 0.444. The molecule has 0 N–H and O–H groups in total. The summed E-state index contributed by atoms with van der Waals surface area (Å²) in [5.41, 5.74) is 6.09. The molecule has 1 saturated heterocycles. The van der Waals surface area contributed by atoms with E-state index in [1.54, 1.807) is 42.7 Å². The highest BCUT2D eigenvalue weighted by Gasteiger charge is 2.37. The maximum absolute atomic E-state index is 14.4. The lowest BCUT2D eigenvalue weighted by Crippen LogP contribution is -2.59. The summed E-state index contributed by atoms with van der Waals surface area (Å²) in [7, 11) is 9.70. The number of amides is 1. The van der Waals surface area contributed by atoms with Crippen LogP contribution in [0.3, 0.4) is 0 Å². The maximum Gasteiger partial charge on any atom is 0.240 e. The number of hydrogen-bond acceptors (Lipinski definition) is 8. The number of carbonyl (C=O) groups excluding carboxylic acids is 1. The molecule has 1 aliphatic heterocycles. The van der Waals surface area contributed by atoms with Gasteiger partial charge in [-0.2, -0.15) is 0 Å². The first-order valence-corrected chi connectivity index (χ1v) is 18.8. The number of hydrogen-bond donors (Lipinski definition) is 0. The van der Waals surface area contributed by atoms with Crippen LogP contribution in [-0.4, -0.2) is 90.6 Å². The molecule has 1 amide bonds. The number of methoxy groups -OCH3 is 6. The van der Waals surface area contributed by atoms with Crippen LogP contribution in [-0.2, 0) is 4.79 Å². The third kappa shape index (κ3) is 10.8. The van der Waals surface area contributed by atoms with Crippen molar-refractivity contribution in [2.24, 2.45) is 5.92 Å². The molecule has 1 heterocycles. The van der Waals surface area contributed by atoms with Crippen LogP contribution in [0.4, 0.5) is 0 Å². The Labute approximate surface area is 324 Å². The minimum Gasteiger partial charge on any atom is -0.493 e. The smallest absolute Gasteiger partial charge is 0.240 e. The van der Waals surface area contributed by atoms with E-state index in [-0.39, 0.29) is 17.9 Å². The average molecular weight is 743 g/mol. The van der Waals surface area contributed by atoms with Crippen LogP contribution in [0.15, 0.2) is 84.0 Å². The summed E-state index contributed by atoms with van der Waals surface area (Å²) in [6.45, 7) is 15.0. The maximum atomic E-state index is 14.4. The van der Waals surface area contributed by atoms with Crippen molar-refractivity contribution in [1.82, 2.24) is 9.80 Å². The number of piperazine rings is 1. The van der Waals surface area contributed by atoms with Crippen molar-refractivity contribution >= 4 is 17.1 Å². The number of nitrogens with zero attached hydrogens (tertiary/aromatic N) is 2. The molecule has 0 bridgehead atoms. The predicted molar refractivity (Wildman–Crippen MR) is 221 cm³/mol. The lowest BCUT2D eigenvalue weighted by molar-refractivity contribution is -0.142. The van der Waals surface area contributed by atoms with E-state index in [1.165, 1.54) is 0 Å². The van der Waals surface area contributed by atoms with Crippen molar-refractivity contribution in [2.45, 2.75) is 60.4 Å². The van der Waals surface area contributed by atoms with Gasteiger partial charge in [0.05, 0.1) is 48.7 Å². The number of carbonyl (C=O) groups is 1. The fourth-order valence-electron chi connectivity index (χ4n) is 6.91. The molecule has 0 radical (unpaired) electrons. The van der Waals surface area contributed by atoms with Gasteiger partial charge in [-0.3, -0.25) is 9.69 Å². The number of rotatable bonds is 19. The molecule has 0 spiro atoms. The van der Waals surface area contributed by atoms with Crippen molar-refractivity contribution in [3.8, 4) is 34.5 Å². The fourth-order valence-corrected chi connectivity index (χ4v) is 6.91. The van der Waals surface area contributed by atoms with E-state index in [2.05, 4.69) is 75.1 Å². The second kappa shape index (κ2) is 21.7. The summed E-state index contributed by atoms with van der Waals surface area (Å²) >= 11 is 0. The largest absolute Gasteiger partial charge is 0.493 e. The van der Waals surface area contributed by atoms with Gasteiger partial charge in [-0.15, -0.1) is 0 Å². The Morgan fingerprint density at radius 1 is 0.667 bits per heavy atom. The van der Waals surface area contributed by atoms with Crippen LogP contribution >= 0.6 is 0 Å². The van der Waals surface area contributed by atoms with Gasteiger partial charge >= 0.3 is 0 Å². The molecule has 0 saturated carbocycles. The Bertz CT molecular complexity index is 1700. The van der Waals surface area contributed by atoms with Crippen LogP contribution in [0.25, 0.3) is 11.1 Å². The van der Waals surface area contributed by atoms with Crippen molar-refractivity contribution in [3.63, 3.8) is 0 Å². The summed E-state index contributed by atoms with van der Waals surface area (Å²) in [6.07, 6.45) is 18.7. The minimum atomic E-state index is -0.278. The molecule has 1 fully saturated rings. The topological polar surface area (TPSA) is 78.9 Å². The zero-order chi connectivity index (χ0) is 39.8. The molecule has 0 aromatic heterocycles. The van der Waals surface area contributed by atoms with Crippen LogP contribution < -0.4 is 28.4 Å². The number of benzene rings is 2. The highest BCUT2D eigenvalue weighted by atomic mass is 16.5. The lowest BCUT2D eigenvalue weighted by Gasteiger charge is -2.43. The Balaban J connectivity index is 1.97. The van der Waals surface area contributed by atoms with Crippen molar-refractivity contribution < 1.29 is 33.2 Å². The normalized spacial score (nSPS) is 16.5. The van der Waals surface area contributed by atoms with Gasteiger partial charge in [0.1, 0.15) is 0 Å². The molecule has 0 aliphatic carbocycles. The molecule has 54 heavy (non-hydrogen) atoms. The van der Waals surface area contributed by atoms with E-state index in [0.717, 1.165) is 52.8 Å². The first-order chi connectivity index (χ1) is 26.1. The molecule has 294 valence electrons. The third-order valence-electron chi connectivity index (χ3n) is 9.29. The summed E-state index contributed by atoms with van der Waals surface area (Å²) in [4.78, 5) is 18.7. The lowest BCUT2D eigenvalue weighted by atomic mass is 9.95. The van der Waals surface area contributed by atoms with E-state index in [9.17, 15) is 4.79 Å². The van der Waals surface area contributed by atoms with Crippen LogP contribution in [0, 0.1) is 5.92 Å². The van der Waals surface area contributed by atoms with Gasteiger partial charge in [-0.05, 0) is 96.4 Å². The van der Waals surface area contributed by atoms with Gasteiger partial charge in [0, 0.05) is 26.2 Å². The molecule has 1 unspecified atom stereocenters. The van der Waals surface area contributed by atoms with Crippen molar-refractivity contribution in [1.29, 1.82) is 0 Å². The second-order valence-electron chi connectivity index (χ2n) is 13.3. The monoisotopic (exact) mass is 742 g/mol. The predicted octanol–water partition coefficient (Wildman–Crippen LogP) is 9.20. The van der Waals surface area contributed by atoms with Crippen molar-refractivity contribution in [3.05, 3.63) is 95.1 Å². The molecule has 1 aliphatic rings. The highest BCUT2D eigenvalue weighted by Crippen LogP contribution is 2.42. The van der Waals surface area contributed by atoms with Gasteiger partial charge < -0.3 is 33.3 Å². The van der Waals surface area contributed by atoms with Gasteiger partial charge in [-0.25, -0.2) is 0 Å². The Morgan fingerprint density at radius 2 is 1.07 bits per heavy atom. The van der Waals surface area contributed by atoms with Crippen molar-refractivity contribution in [2.75, 3.05) is 68.8 Å². The van der Waals surface area contributed by atoms with Crippen LogP contribution in [0.1, 0.15) is 65.5 Å². The van der Waals surface area contributed by atoms with E-state index in [1.807, 2.05) is 49.1 Å². The molecular weight excluding hydrogens is 681 g/mol. The first kappa shape index (κ1) is 43.5. The highest BCUT2D eigenvalue weighted by molar-refractivity contribution is 5.84. The molecule has 3 rings (SSSR count). The van der Waals surface area contributed by atoms with E-state index < -0.39 is 0 Å². The Morgan fingerprint density at radius 3 is 1.41 bits per heavy atom. The Kier molecular flexibility index (Phi) is 17.5. The third-order valence-corrected chi connectivity index (χ3v) is 9.29. The zero-order valence-corrected chi connectivity index (χ0v) is 34.6. The SMILES string of the molecule is C\C=C/C(=C\C(=C\CC)c1cc(OC)c(OC)c(OC)c1)CN1CCN(CC(/C=C\C)=C/C(=C/CC)c2cc(OC)c(OC)c(OC)c2)C(C(C)C)C1=O. The molecule has 9 heteroatoms. The summed E-state index contributed by atoms with van der Waals surface area (Å²) < 4.78 is 33.8. The minimum absolute atomic E-state index is 0.108. The molecule has 1 atom stereocenters. The van der Waals surface area contributed by atoms with Gasteiger partial charge in [0.2, 0.25) is 17.4 Å². The van der Waals surface area contributed by atoms with Crippen LogP contribution in [0.5, 0.6) is 34.5 Å². The molecular formula is C45H62N2O7. The molecule has 9 nitrogen and oxygen atoms in total. The number of ether oxygens (including phenoxy) is 6. The first-order valence-electron chi connectivity index (χ1n) is 18.8. The van der Waals surface area contributed by atoms with E-state index in [4.69, 9.17) is 28.4 Å². The molecule has 2 aromatic carbocycles. The van der Waals surface area contributed by atoms with Gasteiger partial charge in [0.25, 0.3) is 0 Å². The standard InChI is InChI=1S/C45H62N2O7/c1-13-17-32(23-34(19-15-3)36-25-38(49-7)43(53-11)39(26-36)50-8)29-46-21-22-47(45(48)42(46)31(5)6)30-33(18-14-2)24-35(20-16-4)37-27-40(51-9)44(54-12)41(28-37)52-10/h13-14,17-20,23-28,31,42H,15-16,21-22,29-30H2,1-12H3/b17-13-,18-14-,32-23+,33-24+,34-19-,35-20-. The quantitative estimate of drug-likeness (QED) is 0.132. The van der Waals surface area contributed by atoms with Gasteiger partial charge in [0.15, 0.2) is 23.0 Å². The Hall–Kier alpha value is -4.89. The van der Waals surface area contributed by atoms with E-state index >= 15 is 0 Å². The summed E-state index contributed by atoms with van der Waals surface area (Å²) in [5, 5.41) is 0. The van der Waals surface area contributed by atoms with E-state index in [0.29, 0.717) is 54.1 Å². The molecule has 2 aromatic rings. The summed E-state index contributed by atoms with van der Waals surface area (Å²) in [6, 6.07) is 7.60. The van der Waals surface area contributed by atoms with Crippen LogP contribution in [0.2, 0.25) is 0 Å². The second-order valence-corrected chi connectivity index (χ2v) is 13.3.